The Morgan fingerprint density at radius 1 is 1.22 bits per heavy atom. The van der Waals surface area contributed by atoms with Crippen molar-refractivity contribution >= 4 is 50.6 Å². The molecule has 3 aromatic rings. The third-order valence-corrected chi connectivity index (χ3v) is 4.19. The molecule has 0 atom stereocenters. The van der Waals surface area contributed by atoms with Gasteiger partial charge in [-0.2, -0.15) is 5.10 Å². The second-order valence-corrected chi connectivity index (χ2v) is 6.29. The zero-order chi connectivity index (χ0) is 16.2. The molecular weight excluding hydrogens is 378 g/mol. The molecule has 3 rings (SSSR count). The first-order chi connectivity index (χ1) is 11.1. The predicted octanol–water partition coefficient (Wildman–Crippen LogP) is 4.28. The number of fused-ring (bicyclic) bond motifs is 1. The number of aromatic nitrogens is 1. The topological polar surface area (TPSA) is 57.2 Å². The van der Waals surface area contributed by atoms with E-state index < -0.39 is 0 Å². The lowest BCUT2D eigenvalue weighted by molar-refractivity contribution is -0.120. The molecule has 0 fully saturated rings. The standard InChI is InChI=1S/C17H13BrClN3O/c18-12-7-5-11(6-8-12)9-16(23)22-20-10-14-13-3-1-2-4-15(13)21-17(14)19/h1-8,10,21H,9H2,(H,22,23)/b20-10-. The zero-order valence-corrected chi connectivity index (χ0v) is 14.4. The second kappa shape index (κ2) is 6.98. The van der Waals surface area contributed by atoms with Crippen LogP contribution in [-0.2, 0) is 11.2 Å². The number of nitrogens with zero attached hydrogens (tertiary/aromatic N) is 1. The van der Waals surface area contributed by atoms with Gasteiger partial charge in [0.15, 0.2) is 0 Å². The summed E-state index contributed by atoms with van der Waals surface area (Å²) >= 11 is 9.53. The van der Waals surface area contributed by atoms with E-state index in [1.807, 2.05) is 48.5 Å². The maximum Gasteiger partial charge on any atom is 0.244 e. The number of halogens is 2. The summed E-state index contributed by atoms with van der Waals surface area (Å²) in [4.78, 5) is 15.0. The number of H-pyrrole nitrogens is 1. The van der Waals surface area contributed by atoms with Gasteiger partial charge in [0.05, 0.1) is 12.6 Å². The monoisotopic (exact) mass is 389 g/mol. The third-order valence-electron chi connectivity index (χ3n) is 3.36. The molecule has 0 radical (unpaired) electrons. The molecule has 0 spiro atoms. The Labute approximate surface area is 146 Å². The highest BCUT2D eigenvalue weighted by molar-refractivity contribution is 9.10. The molecule has 0 saturated heterocycles. The van der Waals surface area contributed by atoms with Gasteiger partial charge in [-0.25, -0.2) is 5.43 Å². The number of carbonyl (C=O) groups excluding carboxylic acids is 1. The van der Waals surface area contributed by atoms with Crippen LogP contribution in [0.15, 0.2) is 58.1 Å². The van der Waals surface area contributed by atoms with E-state index in [1.165, 1.54) is 0 Å². The van der Waals surface area contributed by atoms with Crippen LogP contribution in [-0.4, -0.2) is 17.1 Å². The van der Waals surface area contributed by atoms with Crippen LogP contribution < -0.4 is 5.43 Å². The molecule has 116 valence electrons. The normalized spacial score (nSPS) is 11.2. The van der Waals surface area contributed by atoms with Gasteiger partial charge in [0.1, 0.15) is 5.15 Å². The fourth-order valence-electron chi connectivity index (χ4n) is 2.25. The summed E-state index contributed by atoms with van der Waals surface area (Å²) in [6.45, 7) is 0. The van der Waals surface area contributed by atoms with Gasteiger partial charge in [0.25, 0.3) is 0 Å². The summed E-state index contributed by atoms with van der Waals surface area (Å²) in [7, 11) is 0. The van der Waals surface area contributed by atoms with Gasteiger partial charge in [-0.1, -0.05) is 57.9 Å². The smallest absolute Gasteiger partial charge is 0.244 e. The van der Waals surface area contributed by atoms with Gasteiger partial charge in [0, 0.05) is 20.9 Å². The maximum absolute atomic E-state index is 11.9. The number of hydrogen-bond acceptors (Lipinski definition) is 2. The highest BCUT2D eigenvalue weighted by atomic mass is 79.9. The fraction of sp³-hybridized carbons (Fsp3) is 0.0588. The number of amides is 1. The Bertz CT molecular complexity index is 871. The lowest BCUT2D eigenvalue weighted by Crippen LogP contribution is -2.19. The number of rotatable bonds is 4. The third kappa shape index (κ3) is 3.81. The molecule has 0 bridgehead atoms. The van der Waals surface area contributed by atoms with E-state index in [-0.39, 0.29) is 12.3 Å². The van der Waals surface area contributed by atoms with Crippen molar-refractivity contribution in [2.24, 2.45) is 5.10 Å². The van der Waals surface area contributed by atoms with Crippen LogP contribution in [0.2, 0.25) is 5.15 Å². The molecule has 0 saturated carbocycles. The largest absolute Gasteiger partial charge is 0.345 e. The zero-order valence-electron chi connectivity index (χ0n) is 12.0. The van der Waals surface area contributed by atoms with E-state index in [9.17, 15) is 4.79 Å². The first-order valence-corrected chi connectivity index (χ1v) is 8.13. The fourth-order valence-corrected chi connectivity index (χ4v) is 2.77. The number of carbonyl (C=O) groups is 1. The molecule has 23 heavy (non-hydrogen) atoms. The lowest BCUT2D eigenvalue weighted by Gasteiger charge is -2.00. The first-order valence-electron chi connectivity index (χ1n) is 6.96. The van der Waals surface area contributed by atoms with E-state index >= 15 is 0 Å². The summed E-state index contributed by atoms with van der Waals surface area (Å²) in [6.07, 6.45) is 1.83. The van der Waals surface area contributed by atoms with Gasteiger partial charge in [0.2, 0.25) is 5.91 Å². The SMILES string of the molecule is O=C(Cc1ccc(Br)cc1)N/N=C\c1c(Cl)[nH]c2ccccc12. The number of nitrogens with one attached hydrogen (secondary N) is 2. The van der Waals surface area contributed by atoms with Crippen LogP contribution in [0.4, 0.5) is 0 Å². The molecule has 0 aliphatic rings. The van der Waals surface area contributed by atoms with Crippen molar-refractivity contribution in [1.82, 2.24) is 10.4 Å². The van der Waals surface area contributed by atoms with Crippen LogP contribution >= 0.6 is 27.5 Å². The van der Waals surface area contributed by atoms with E-state index in [2.05, 4.69) is 31.4 Å². The van der Waals surface area contributed by atoms with Crippen molar-refractivity contribution in [3.63, 3.8) is 0 Å². The molecule has 2 aromatic carbocycles. The van der Waals surface area contributed by atoms with Crippen LogP contribution in [0, 0.1) is 0 Å². The van der Waals surface area contributed by atoms with Crippen LogP contribution in [0.1, 0.15) is 11.1 Å². The van der Waals surface area contributed by atoms with Gasteiger partial charge in [-0.05, 0) is 23.8 Å². The minimum absolute atomic E-state index is 0.181. The Morgan fingerprint density at radius 2 is 1.96 bits per heavy atom. The molecule has 1 aromatic heterocycles. The van der Waals surface area contributed by atoms with E-state index in [0.29, 0.717) is 5.15 Å². The van der Waals surface area contributed by atoms with E-state index in [0.717, 1.165) is 26.5 Å². The first kappa shape index (κ1) is 15.8. The molecular formula is C17H13BrClN3O. The van der Waals surface area contributed by atoms with Crippen molar-refractivity contribution in [2.45, 2.75) is 6.42 Å². The summed E-state index contributed by atoms with van der Waals surface area (Å²) in [5, 5.41) is 5.46. The predicted molar refractivity (Wildman–Crippen MR) is 96.9 cm³/mol. The Morgan fingerprint density at radius 3 is 2.74 bits per heavy atom. The van der Waals surface area contributed by atoms with Crippen LogP contribution in [0.25, 0.3) is 10.9 Å². The van der Waals surface area contributed by atoms with Crippen molar-refractivity contribution < 1.29 is 4.79 Å². The Hall–Kier alpha value is -2.11. The molecule has 0 unspecified atom stereocenters. The summed E-state index contributed by atoms with van der Waals surface area (Å²) in [5.74, 6) is -0.181. The van der Waals surface area contributed by atoms with Crippen molar-refractivity contribution in [2.75, 3.05) is 0 Å². The molecule has 1 amide bonds. The average molecular weight is 391 g/mol. The summed E-state index contributed by atoms with van der Waals surface area (Å²) < 4.78 is 0.980. The van der Waals surface area contributed by atoms with Gasteiger partial charge in [-0.3, -0.25) is 4.79 Å². The molecule has 6 heteroatoms. The minimum Gasteiger partial charge on any atom is -0.345 e. The molecule has 0 aliphatic heterocycles. The van der Waals surface area contributed by atoms with E-state index in [4.69, 9.17) is 11.6 Å². The quantitative estimate of drug-likeness (QED) is 0.507. The number of aromatic amines is 1. The van der Waals surface area contributed by atoms with Crippen molar-refractivity contribution in [3.8, 4) is 0 Å². The Balaban J connectivity index is 1.67. The highest BCUT2D eigenvalue weighted by Gasteiger charge is 2.07. The number of benzene rings is 2. The summed E-state index contributed by atoms with van der Waals surface area (Å²) in [5.41, 5.74) is 5.13. The van der Waals surface area contributed by atoms with Gasteiger partial charge >= 0.3 is 0 Å². The van der Waals surface area contributed by atoms with E-state index in [1.54, 1.807) is 6.21 Å². The second-order valence-electron chi connectivity index (χ2n) is 4.99. The number of para-hydroxylation sites is 1. The van der Waals surface area contributed by atoms with Crippen LogP contribution in [0.5, 0.6) is 0 Å². The van der Waals surface area contributed by atoms with Gasteiger partial charge in [-0.15, -0.1) is 0 Å². The molecule has 4 nitrogen and oxygen atoms in total. The van der Waals surface area contributed by atoms with Gasteiger partial charge < -0.3 is 4.98 Å². The summed E-state index contributed by atoms with van der Waals surface area (Å²) in [6, 6.07) is 15.3. The minimum atomic E-state index is -0.181. The van der Waals surface area contributed by atoms with Crippen LogP contribution in [0.3, 0.4) is 0 Å². The number of hydrogen-bond donors (Lipinski definition) is 2. The lowest BCUT2D eigenvalue weighted by atomic mass is 10.1. The maximum atomic E-state index is 11.9. The number of hydrazone groups is 1. The van der Waals surface area contributed by atoms with Crippen molar-refractivity contribution in [3.05, 3.63) is 69.3 Å². The molecule has 0 aliphatic carbocycles. The highest BCUT2D eigenvalue weighted by Crippen LogP contribution is 2.24. The Kier molecular flexibility index (Phi) is 4.79. The molecule has 2 N–H and O–H groups in total. The van der Waals surface area contributed by atoms with Crippen molar-refractivity contribution in [1.29, 1.82) is 0 Å². The average Bonchev–Trinajstić information content (AvgIpc) is 2.86. The molecule has 1 heterocycles.